The zero-order chi connectivity index (χ0) is 23.2. The summed E-state index contributed by atoms with van der Waals surface area (Å²) in [5.74, 6) is -0.739. The lowest BCUT2D eigenvalue weighted by Crippen LogP contribution is -2.47. The Kier molecular flexibility index (Phi) is 8.47. The molecule has 0 spiro atoms. The van der Waals surface area contributed by atoms with Gasteiger partial charge in [-0.05, 0) is 50.6 Å². The number of anilines is 2. The van der Waals surface area contributed by atoms with E-state index in [1.807, 2.05) is 13.8 Å². The summed E-state index contributed by atoms with van der Waals surface area (Å²) in [7, 11) is -3.79. The van der Waals surface area contributed by atoms with Crippen LogP contribution in [0.3, 0.4) is 0 Å². The molecule has 9 heteroatoms. The zero-order valence-corrected chi connectivity index (χ0v) is 19.7. The minimum absolute atomic E-state index is 0.205. The summed E-state index contributed by atoms with van der Waals surface area (Å²) in [4.78, 5) is 27.7. The van der Waals surface area contributed by atoms with Gasteiger partial charge in [0, 0.05) is 18.1 Å². The highest BCUT2D eigenvalue weighted by Crippen LogP contribution is 2.26. The smallest absolute Gasteiger partial charge is 0.255 e. The Morgan fingerprint density at radius 2 is 1.68 bits per heavy atom. The van der Waals surface area contributed by atoms with Gasteiger partial charge in [0.05, 0.1) is 23.2 Å². The van der Waals surface area contributed by atoms with Crippen LogP contribution in [-0.2, 0) is 14.8 Å². The van der Waals surface area contributed by atoms with Crippen LogP contribution in [0.4, 0.5) is 11.4 Å². The number of amides is 2. The van der Waals surface area contributed by atoms with Crippen molar-refractivity contribution in [2.45, 2.75) is 33.2 Å². The normalized spacial score (nSPS) is 12.2. The second kappa shape index (κ2) is 10.6. The molecule has 0 aromatic heterocycles. The van der Waals surface area contributed by atoms with Crippen molar-refractivity contribution >= 4 is 44.8 Å². The second-order valence-electron chi connectivity index (χ2n) is 6.98. The molecule has 0 bridgehead atoms. The van der Waals surface area contributed by atoms with Gasteiger partial charge in [0.1, 0.15) is 6.04 Å². The van der Waals surface area contributed by atoms with Gasteiger partial charge in [0.2, 0.25) is 15.9 Å². The molecule has 0 radical (unpaired) electrons. The molecule has 1 atom stereocenters. The maximum atomic E-state index is 13.2. The van der Waals surface area contributed by atoms with Gasteiger partial charge < -0.3 is 10.2 Å². The number of carbonyl (C=O) groups excluding carboxylic acids is 2. The van der Waals surface area contributed by atoms with E-state index in [0.717, 1.165) is 10.6 Å². The summed E-state index contributed by atoms with van der Waals surface area (Å²) in [5.41, 5.74) is 0.981. The minimum atomic E-state index is -3.79. The van der Waals surface area contributed by atoms with Crippen LogP contribution in [-0.4, -0.2) is 50.5 Å². The minimum Gasteiger partial charge on any atom is -0.339 e. The Bertz CT molecular complexity index is 1040. The number of halogens is 1. The number of sulfonamides is 1. The van der Waals surface area contributed by atoms with E-state index in [1.54, 1.807) is 54.3 Å². The summed E-state index contributed by atoms with van der Waals surface area (Å²) < 4.78 is 26.2. The van der Waals surface area contributed by atoms with Crippen LogP contribution in [0.25, 0.3) is 0 Å². The predicted molar refractivity (Wildman–Crippen MR) is 125 cm³/mol. The van der Waals surface area contributed by atoms with Crippen LogP contribution >= 0.6 is 11.6 Å². The average Bonchev–Trinajstić information content (AvgIpc) is 2.72. The Labute approximate surface area is 189 Å². The lowest BCUT2D eigenvalue weighted by Gasteiger charge is -2.30. The summed E-state index contributed by atoms with van der Waals surface area (Å²) in [6.07, 6.45) is 1.26. The molecule has 31 heavy (non-hydrogen) atoms. The molecule has 0 saturated heterocycles. The molecule has 168 valence electrons. The molecular formula is C22H28ClN3O4S. The molecule has 0 aliphatic carbocycles. The van der Waals surface area contributed by atoms with E-state index in [0.29, 0.717) is 35.1 Å². The van der Waals surface area contributed by atoms with Gasteiger partial charge >= 0.3 is 0 Å². The first kappa shape index (κ1) is 24.7. The average molecular weight is 466 g/mol. The Morgan fingerprint density at radius 3 is 2.23 bits per heavy atom. The zero-order valence-electron chi connectivity index (χ0n) is 18.1. The summed E-state index contributed by atoms with van der Waals surface area (Å²) in [6, 6.07) is 12.0. The maximum absolute atomic E-state index is 13.2. The highest BCUT2D eigenvalue weighted by Gasteiger charge is 2.32. The van der Waals surface area contributed by atoms with Crippen LogP contribution in [0.5, 0.6) is 0 Å². The fourth-order valence-corrected chi connectivity index (χ4v) is 4.74. The van der Waals surface area contributed by atoms with E-state index < -0.39 is 22.0 Å². The number of benzene rings is 2. The van der Waals surface area contributed by atoms with Crippen molar-refractivity contribution in [1.82, 2.24) is 4.90 Å². The van der Waals surface area contributed by atoms with E-state index in [-0.39, 0.29) is 12.3 Å². The number of rotatable bonds is 9. The van der Waals surface area contributed by atoms with Crippen molar-refractivity contribution in [3.05, 3.63) is 59.1 Å². The summed E-state index contributed by atoms with van der Waals surface area (Å²) in [6.45, 7) is 6.55. The molecular weight excluding hydrogens is 438 g/mol. The first-order valence-electron chi connectivity index (χ1n) is 10.1. The van der Waals surface area contributed by atoms with Gasteiger partial charge in [-0.1, -0.05) is 36.7 Å². The Morgan fingerprint density at radius 1 is 1.03 bits per heavy atom. The lowest BCUT2D eigenvalue weighted by atomic mass is 10.1. The van der Waals surface area contributed by atoms with Crippen LogP contribution < -0.4 is 9.62 Å². The highest BCUT2D eigenvalue weighted by atomic mass is 35.5. The highest BCUT2D eigenvalue weighted by molar-refractivity contribution is 7.92. The van der Waals surface area contributed by atoms with Crippen LogP contribution in [0.15, 0.2) is 48.5 Å². The fraction of sp³-hybridized carbons (Fsp3) is 0.364. The van der Waals surface area contributed by atoms with E-state index in [2.05, 4.69) is 5.32 Å². The maximum Gasteiger partial charge on any atom is 0.255 e. The van der Waals surface area contributed by atoms with E-state index in [9.17, 15) is 18.0 Å². The van der Waals surface area contributed by atoms with Gasteiger partial charge in [-0.3, -0.25) is 13.9 Å². The Balaban J connectivity index is 2.42. The van der Waals surface area contributed by atoms with Crippen molar-refractivity contribution in [2.24, 2.45) is 0 Å². The third-order valence-corrected chi connectivity index (χ3v) is 6.27. The fourth-order valence-electron chi connectivity index (χ4n) is 3.35. The second-order valence-corrected chi connectivity index (χ2v) is 9.27. The molecule has 2 amide bonds. The number of nitrogens with one attached hydrogen (secondary N) is 1. The number of hydrogen-bond donors (Lipinski definition) is 1. The van der Waals surface area contributed by atoms with Crippen molar-refractivity contribution in [1.29, 1.82) is 0 Å². The van der Waals surface area contributed by atoms with E-state index in [4.69, 9.17) is 11.6 Å². The quantitative estimate of drug-likeness (QED) is 0.606. The van der Waals surface area contributed by atoms with Crippen molar-refractivity contribution < 1.29 is 18.0 Å². The van der Waals surface area contributed by atoms with E-state index in [1.165, 1.54) is 6.07 Å². The van der Waals surface area contributed by atoms with Crippen molar-refractivity contribution in [3.63, 3.8) is 0 Å². The van der Waals surface area contributed by atoms with Crippen molar-refractivity contribution in [2.75, 3.05) is 29.0 Å². The van der Waals surface area contributed by atoms with Gasteiger partial charge in [-0.25, -0.2) is 8.42 Å². The monoisotopic (exact) mass is 465 g/mol. The van der Waals surface area contributed by atoms with Gasteiger partial charge in [0.15, 0.2) is 0 Å². The van der Waals surface area contributed by atoms with Gasteiger partial charge in [-0.2, -0.15) is 0 Å². The number of hydrogen-bond acceptors (Lipinski definition) is 4. The standard InChI is InChI=1S/C22H28ClN3O4S/c1-5-20(26(31(4,29)30)17-12-10-11-16(23)15-17)21(27)24-19-14-9-8-13-18(19)22(28)25(6-2)7-3/h8-15,20H,5-7H2,1-4H3,(H,24,27)/t20-/m0/s1. The largest absolute Gasteiger partial charge is 0.339 e. The predicted octanol–water partition coefficient (Wildman–Crippen LogP) is 4.01. The lowest BCUT2D eigenvalue weighted by molar-refractivity contribution is -0.117. The molecule has 0 fully saturated rings. The number of nitrogens with zero attached hydrogens (tertiary/aromatic N) is 2. The van der Waals surface area contributed by atoms with Crippen LogP contribution in [0.2, 0.25) is 5.02 Å². The summed E-state index contributed by atoms with van der Waals surface area (Å²) in [5, 5.41) is 3.11. The SMILES string of the molecule is CC[C@@H](C(=O)Nc1ccccc1C(=O)N(CC)CC)N(c1cccc(Cl)c1)S(C)(=O)=O. The third-order valence-electron chi connectivity index (χ3n) is 4.86. The molecule has 1 N–H and O–H groups in total. The molecule has 0 heterocycles. The van der Waals surface area contributed by atoms with Crippen LogP contribution in [0, 0.1) is 0 Å². The topological polar surface area (TPSA) is 86.8 Å². The van der Waals surface area contributed by atoms with Crippen LogP contribution in [0.1, 0.15) is 37.6 Å². The molecule has 0 aliphatic heterocycles. The summed E-state index contributed by atoms with van der Waals surface area (Å²) >= 11 is 6.04. The Hall–Kier alpha value is -2.58. The molecule has 0 saturated carbocycles. The molecule has 0 unspecified atom stereocenters. The molecule has 2 rings (SSSR count). The molecule has 0 aliphatic rings. The number of carbonyl (C=O) groups is 2. The molecule has 2 aromatic carbocycles. The molecule has 7 nitrogen and oxygen atoms in total. The van der Waals surface area contributed by atoms with Crippen molar-refractivity contribution in [3.8, 4) is 0 Å². The number of para-hydroxylation sites is 1. The van der Waals surface area contributed by atoms with Gasteiger partial charge in [0.25, 0.3) is 5.91 Å². The first-order chi connectivity index (χ1) is 14.6. The molecule has 2 aromatic rings. The van der Waals surface area contributed by atoms with E-state index >= 15 is 0 Å². The first-order valence-corrected chi connectivity index (χ1v) is 12.3. The third kappa shape index (κ3) is 5.98. The van der Waals surface area contributed by atoms with Gasteiger partial charge in [-0.15, -0.1) is 0 Å².